The summed E-state index contributed by atoms with van der Waals surface area (Å²) in [5, 5.41) is 14.0. The lowest BCUT2D eigenvalue weighted by Crippen LogP contribution is -2.33. The Bertz CT molecular complexity index is 1120. The van der Waals surface area contributed by atoms with Crippen LogP contribution in [-0.4, -0.2) is 17.9 Å². The lowest BCUT2D eigenvalue weighted by atomic mass is 9.93. The maximum Gasteiger partial charge on any atom is 0.137 e. The Morgan fingerprint density at radius 2 is 1.93 bits per heavy atom. The van der Waals surface area contributed by atoms with E-state index in [1.165, 1.54) is 6.07 Å². The molecule has 0 radical (unpaired) electrons. The number of aliphatic imine (C=N–C) groups is 1. The average Bonchev–Trinajstić information content (AvgIpc) is 2.77. The Kier molecular flexibility index (Phi) is 6.22. The Hall–Kier alpha value is -2.22. The van der Waals surface area contributed by atoms with Gasteiger partial charge in [-0.05, 0) is 69.5 Å². The minimum atomic E-state index is -0.403. The highest BCUT2D eigenvalue weighted by atomic mass is 79.9. The van der Waals surface area contributed by atoms with Crippen LogP contribution >= 0.6 is 31.9 Å². The number of halogens is 3. The zero-order valence-electron chi connectivity index (χ0n) is 16.1. The maximum atomic E-state index is 13.8. The summed E-state index contributed by atoms with van der Waals surface area (Å²) < 4.78 is 20.4. The lowest BCUT2D eigenvalue weighted by Gasteiger charge is -2.31. The Morgan fingerprint density at radius 1 is 1.10 bits per heavy atom. The van der Waals surface area contributed by atoms with Crippen molar-refractivity contribution < 1.29 is 14.2 Å². The Labute approximate surface area is 191 Å². The number of hydrogen-bond acceptors (Lipinski definition) is 4. The number of phenols is 1. The van der Waals surface area contributed by atoms with Gasteiger partial charge in [-0.2, -0.15) is 0 Å². The molecular formula is C23H19Br2FN2O2. The molecule has 0 saturated heterocycles. The summed E-state index contributed by atoms with van der Waals surface area (Å²) in [5.41, 5.74) is 3.41. The molecule has 0 saturated carbocycles. The van der Waals surface area contributed by atoms with Crippen molar-refractivity contribution in [2.24, 2.45) is 4.99 Å². The van der Waals surface area contributed by atoms with E-state index in [0.29, 0.717) is 10.9 Å². The van der Waals surface area contributed by atoms with E-state index in [-0.39, 0.29) is 17.6 Å². The second-order valence-electron chi connectivity index (χ2n) is 7.01. The first-order valence-corrected chi connectivity index (χ1v) is 10.9. The van der Waals surface area contributed by atoms with Crippen LogP contribution in [0.1, 0.15) is 35.3 Å². The van der Waals surface area contributed by atoms with Gasteiger partial charge >= 0.3 is 0 Å². The minimum Gasteiger partial charge on any atom is -0.508 e. The van der Waals surface area contributed by atoms with Crippen LogP contribution < -0.4 is 10.1 Å². The molecule has 7 heteroatoms. The van der Waals surface area contributed by atoms with Crippen LogP contribution in [-0.2, 0) is 0 Å². The van der Waals surface area contributed by atoms with E-state index in [0.717, 1.165) is 32.6 Å². The molecule has 2 atom stereocenters. The number of benzene rings is 3. The van der Waals surface area contributed by atoms with Crippen LogP contribution in [0.4, 0.5) is 4.39 Å². The SMILES string of the molecule is COc1cccc(C2=N[C@H](c3ccc(F)c(Br)c3)N[C@@H](c3cc(Br)ccc3O)C2)c1. The minimum absolute atomic E-state index is 0.185. The molecular weight excluding hydrogens is 515 g/mol. The fourth-order valence-corrected chi connectivity index (χ4v) is 4.32. The molecule has 1 aliphatic rings. The third-order valence-electron chi connectivity index (χ3n) is 5.07. The molecule has 3 aromatic rings. The van der Waals surface area contributed by atoms with E-state index >= 15 is 0 Å². The van der Waals surface area contributed by atoms with Crippen LogP contribution in [0.2, 0.25) is 0 Å². The molecule has 0 unspecified atom stereocenters. The zero-order valence-corrected chi connectivity index (χ0v) is 19.2. The largest absolute Gasteiger partial charge is 0.508 e. The number of aromatic hydroxyl groups is 1. The van der Waals surface area contributed by atoms with Gasteiger partial charge < -0.3 is 9.84 Å². The van der Waals surface area contributed by atoms with E-state index < -0.39 is 6.17 Å². The van der Waals surface area contributed by atoms with Crippen molar-refractivity contribution in [3.8, 4) is 11.5 Å². The van der Waals surface area contributed by atoms with Gasteiger partial charge in [0.05, 0.1) is 11.6 Å². The summed E-state index contributed by atoms with van der Waals surface area (Å²) in [6.45, 7) is 0. The normalized spacial score (nSPS) is 18.7. The van der Waals surface area contributed by atoms with Crippen LogP contribution in [0.25, 0.3) is 0 Å². The number of phenolic OH excluding ortho intramolecular Hbond substituents is 1. The van der Waals surface area contributed by atoms with Gasteiger partial charge in [-0.15, -0.1) is 0 Å². The highest BCUT2D eigenvalue weighted by Crippen LogP contribution is 2.36. The molecule has 0 amide bonds. The van der Waals surface area contributed by atoms with E-state index in [4.69, 9.17) is 9.73 Å². The fourth-order valence-electron chi connectivity index (χ4n) is 3.54. The summed E-state index contributed by atoms with van der Waals surface area (Å²) in [5.74, 6) is 0.631. The second kappa shape index (κ2) is 8.88. The van der Waals surface area contributed by atoms with Crippen molar-refractivity contribution in [2.75, 3.05) is 7.11 Å². The van der Waals surface area contributed by atoms with E-state index in [2.05, 4.69) is 37.2 Å². The first-order valence-electron chi connectivity index (χ1n) is 9.35. The van der Waals surface area contributed by atoms with E-state index in [1.807, 2.05) is 30.3 Å². The maximum absolute atomic E-state index is 13.8. The average molecular weight is 534 g/mol. The predicted octanol–water partition coefficient (Wildman–Crippen LogP) is 6.29. The fraction of sp³-hybridized carbons (Fsp3) is 0.174. The summed E-state index contributed by atoms with van der Waals surface area (Å²) in [6, 6.07) is 17.8. The number of rotatable bonds is 4. The predicted molar refractivity (Wildman–Crippen MR) is 123 cm³/mol. The molecule has 3 aromatic carbocycles. The first-order chi connectivity index (χ1) is 14.4. The molecule has 0 bridgehead atoms. The molecule has 2 N–H and O–H groups in total. The van der Waals surface area contributed by atoms with Gasteiger partial charge in [0, 0.05) is 28.2 Å². The molecule has 0 aliphatic carbocycles. The molecule has 0 fully saturated rings. The highest BCUT2D eigenvalue weighted by Gasteiger charge is 2.28. The molecule has 4 nitrogen and oxygen atoms in total. The van der Waals surface area contributed by atoms with Crippen molar-refractivity contribution in [1.29, 1.82) is 0 Å². The Balaban J connectivity index is 1.79. The van der Waals surface area contributed by atoms with Crippen molar-refractivity contribution in [3.63, 3.8) is 0 Å². The van der Waals surface area contributed by atoms with Gasteiger partial charge in [0.1, 0.15) is 23.5 Å². The van der Waals surface area contributed by atoms with Gasteiger partial charge in [0.25, 0.3) is 0 Å². The molecule has 0 aromatic heterocycles. The zero-order chi connectivity index (χ0) is 21.3. The van der Waals surface area contributed by atoms with Gasteiger partial charge in [0.15, 0.2) is 0 Å². The van der Waals surface area contributed by atoms with Gasteiger partial charge in [-0.1, -0.05) is 34.1 Å². The monoisotopic (exact) mass is 532 g/mol. The molecule has 154 valence electrons. The van der Waals surface area contributed by atoms with Gasteiger partial charge in [-0.3, -0.25) is 10.3 Å². The van der Waals surface area contributed by atoms with Crippen LogP contribution in [0.3, 0.4) is 0 Å². The smallest absolute Gasteiger partial charge is 0.137 e. The summed E-state index contributed by atoms with van der Waals surface area (Å²) in [6.07, 6.45) is 0.177. The number of methoxy groups -OCH3 is 1. The molecule has 4 rings (SSSR count). The summed E-state index contributed by atoms with van der Waals surface area (Å²) in [7, 11) is 1.63. The van der Waals surface area contributed by atoms with Crippen LogP contribution in [0.15, 0.2) is 74.6 Å². The van der Waals surface area contributed by atoms with E-state index in [9.17, 15) is 9.50 Å². The topological polar surface area (TPSA) is 53.8 Å². The van der Waals surface area contributed by atoms with Crippen LogP contribution in [0.5, 0.6) is 11.5 Å². The van der Waals surface area contributed by atoms with E-state index in [1.54, 1.807) is 31.4 Å². The van der Waals surface area contributed by atoms with Gasteiger partial charge in [-0.25, -0.2) is 4.39 Å². The summed E-state index contributed by atoms with van der Waals surface area (Å²) >= 11 is 6.74. The number of nitrogens with zero attached hydrogens (tertiary/aromatic N) is 1. The quantitative estimate of drug-likeness (QED) is 0.414. The summed E-state index contributed by atoms with van der Waals surface area (Å²) in [4.78, 5) is 4.91. The van der Waals surface area contributed by atoms with Gasteiger partial charge in [0.2, 0.25) is 0 Å². The molecule has 1 aliphatic heterocycles. The van der Waals surface area contributed by atoms with Crippen molar-refractivity contribution >= 4 is 37.6 Å². The van der Waals surface area contributed by atoms with Crippen LogP contribution in [0, 0.1) is 5.82 Å². The molecule has 0 spiro atoms. The third-order valence-corrected chi connectivity index (χ3v) is 6.17. The van der Waals surface area contributed by atoms with Crippen molar-refractivity contribution in [1.82, 2.24) is 5.32 Å². The Morgan fingerprint density at radius 3 is 2.70 bits per heavy atom. The van der Waals surface area contributed by atoms with Crippen molar-refractivity contribution in [2.45, 2.75) is 18.6 Å². The lowest BCUT2D eigenvalue weighted by molar-refractivity contribution is 0.410. The standard InChI is InChI=1S/C23H19Br2FN2O2/c1-30-16-4-2-3-13(9-16)20-12-21(17-11-15(24)6-8-22(17)29)28-23(27-20)14-5-7-19(26)18(25)10-14/h2-11,21,23,28-29H,12H2,1H3/t21-,23+/m1/s1. The highest BCUT2D eigenvalue weighted by molar-refractivity contribution is 9.10. The molecule has 1 heterocycles. The second-order valence-corrected chi connectivity index (χ2v) is 8.78. The first kappa shape index (κ1) is 21.0. The number of ether oxygens (including phenoxy) is 1. The van der Waals surface area contributed by atoms with Crippen molar-refractivity contribution in [3.05, 3.63) is 92.1 Å². The molecule has 30 heavy (non-hydrogen) atoms. The third kappa shape index (κ3) is 4.43. The number of hydrogen-bond donors (Lipinski definition) is 2. The number of nitrogens with one attached hydrogen (secondary N) is 1.